The molecule has 0 unspecified atom stereocenters. The second kappa shape index (κ2) is 5.68. The fourth-order valence-corrected chi connectivity index (χ4v) is 1.72. The quantitative estimate of drug-likeness (QED) is 0.755. The van der Waals surface area contributed by atoms with Crippen LogP contribution < -0.4 is 0 Å². The SMILES string of the molecule is Cc1nn(CCCCCC(=O)O)c(C)c1C. The van der Waals surface area contributed by atoms with E-state index in [0.717, 1.165) is 31.5 Å². The van der Waals surface area contributed by atoms with Crippen molar-refractivity contribution in [2.75, 3.05) is 0 Å². The molecule has 0 aliphatic rings. The summed E-state index contributed by atoms with van der Waals surface area (Å²) in [6, 6.07) is 0. The molecule has 1 N–H and O–H groups in total. The third-order valence-corrected chi connectivity index (χ3v) is 3.00. The molecule has 0 aromatic carbocycles. The summed E-state index contributed by atoms with van der Waals surface area (Å²) in [6.07, 6.45) is 2.97. The Bertz CT molecular complexity index is 369. The first kappa shape index (κ1) is 12.7. The van der Waals surface area contributed by atoms with Crippen LogP contribution in [0.4, 0.5) is 0 Å². The number of nitrogens with zero attached hydrogens (tertiary/aromatic N) is 2. The number of carboxylic acids is 1. The third kappa shape index (κ3) is 3.36. The number of carboxylic acid groups (broad SMARTS) is 1. The van der Waals surface area contributed by atoms with Gasteiger partial charge in [0.15, 0.2) is 0 Å². The van der Waals surface area contributed by atoms with Gasteiger partial charge in [0.2, 0.25) is 0 Å². The van der Waals surface area contributed by atoms with Crippen LogP contribution in [0.2, 0.25) is 0 Å². The topological polar surface area (TPSA) is 55.1 Å². The molecule has 1 aromatic rings. The largest absolute Gasteiger partial charge is 0.481 e. The van der Waals surface area contributed by atoms with Crippen LogP contribution in [0.5, 0.6) is 0 Å². The summed E-state index contributed by atoms with van der Waals surface area (Å²) in [4.78, 5) is 10.3. The number of hydrogen-bond donors (Lipinski definition) is 1. The van der Waals surface area contributed by atoms with E-state index in [0.29, 0.717) is 0 Å². The van der Waals surface area contributed by atoms with Crippen molar-refractivity contribution in [2.45, 2.75) is 53.0 Å². The molecule has 0 bridgehead atoms. The van der Waals surface area contributed by atoms with E-state index in [9.17, 15) is 4.79 Å². The van der Waals surface area contributed by atoms with Crippen LogP contribution in [-0.2, 0) is 11.3 Å². The summed E-state index contributed by atoms with van der Waals surface area (Å²) in [6.45, 7) is 7.06. The number of aliphatic carboxylic acids is 1. The van der Waals surface area contributed by atoms with Crippen LogP contribution in [0.3, 0.4) is 0 Å². The van der Waals surface area contributed by atoms with E-state index in [1.54, 1.807) is 0 Å². The Morgan fingerprint density at radius 1 is 1.25 bits per heavy atom. The maximum Gasteiger partial charge on any atom is 0.303 e. The van der Waals surface area contributed by atoms with E-state index in [-0.39, 0.29) is 6.42 Å². The van der Waals surface area contributed by atoms with Crippen molar-refractivity contribution in [1.29, 1.82) is 0 Å². The van der Waals surface area contributed by atoms with Gasteiger partial charge in [-0.1, -0.05) is 6.42 Å². The fourth-order valence-electron chi connectivity index (χ4n) is 1.72. The summed E-state index contributed by atoms with van der Waals surface area (Å²) in [5.41, 5.74) is 3.56. The first-order chi connectivity index (χ1) is 7.52. The average Bonchev–Trinajstić information content (AvgIpc) is 2.45. The molecule has 0 spiro atoms. The highest BCUT2D eigenvalue weighted by Gasteiger charge is 2.06. The zero-order valence-corrected chi connectivity index (χ0v) is 10.3. The second-order valence-corrected chi connectivity index (χ2v) is 4.22. The highest BCUT2D eigenvalue weighted by molar-refractivity contribution is 5.66. The first-order valence-electron chi connectivity index (χ1n) is 5.74. The standard InChI is InChI=1S/C12H20N2O2/c1-9-10(2)13-14(11(9)3)8-6-4-5-7-12(15)16/h4-8H2,1-3H3,(H,15,16). The minimum Gasteiger partial charge on any atom is -0.481 e. The van der Waals surface area contributed by atoms with Gasteiger partial charge in [-0.2, -0.15) is 5.10 Å². The average molecular weight is 224 g/mol. The van der Waals surface area contributed by atoms with Crippen molar-refractivity contribution in [3.05, 3.63) is 17.0 Å². The van der Waals surface area contributed by atoms with E-state index in [1.807, 2.05) is 11.6 Å². The van der Waals surface area contributed by atoms with Gasteiger partial charge in [0.1, 0.15) is 0 Å². The van der Waals surface area contributed by atoms with Crippen molar-refractivity contribution in [3.63, 3.8) is 0 Å². The summed E-state index contributed by atoms with van der Waals surface area (Å²) >= 11 is 0. The van der Waals surface area contributed by atoms with Gasteiger partial charge in [-0.05, 0) is 39.2 Å². The number of unbranched alkanes of at least 4 members (excludes halogenated alkanes) is 2. The zero-order valence-electron chi connectivity index (χ0n) is 10.3. The Kier molecular flexibility index (Phi) is 4.52. The van der Waals surface area contributed by atoms with Gasteiger partial charge >= 0.3 is 5.97 Å². The van der Waals surface area contributed by atoms with Crippen LogP contribution in [0.1, 0.15) is 42.6 Å². The van der Waals surface area contributed by atoms with E-state index < -0.39 is 5.97 Å². The van der Waals surface area contributed by atoms with Crippen molar-refractivity contribution in [3.8, 4) is 0 Å². The Labute approximate surface area is 96.3 Å². The first-order valence-corrected chi connectivity index (χ1v) is 5.74. The van der Waals surface area contributed by atoms with Gasteiger partial charge in [0, 0.05) is 18.7 Å². The van der Waals surface area contributed by atoms with Gasteiger partial charge in [-0.15, -0.1) is 0 Å². The zero-order chi connectivity index (χ0) is 12.1. The lowest BCUT2D eigenvalue weighted by Gasteiger charge is -2.03. The van der Waals surface area contributed by atoms with E-state index in [2.05, 4.69) is 18.9 Å². The van der Waals surface area contributed by atoms with E-state index in [1.165, 1.54) is 11.3 Å². The van der Waals surface area contributed by atoms with Gasteiger partial charge in [0.05, 0.1) is 5.69 Å². The molecular formula is C12H20N2O2. The second-order valence-electron chi connectivity index (χ2n) is 4.22. The molecule has 0 aliphatic heterocycles. The lowest BCUT2D eigenvalue weighted by Crippen LogP contribution is -2.03. The molecule has 0 aliphatic carbocycles. The molecule has 4 nitrogen and oxygen atoms in total. The molecule has 1 aromatic heterocycles. The minimum absolute atomic E-state index is 0.274. The third-order valence-electron chi connectivity index (χ3n) is 3.00. The molecule has 1 heterocycles. The maximum absolute atomic E-state index is 10.3. The monoisotopic (exact) mass is 224 g/mol. The van der Waals surface area contributed by atoms with Crippen LogP contribution >= 0.6 is 0 Å². The summed E-state index contributed by atoms with van der Waals surface area (Å²) in [5, 5.41) is 12.9. The van der Waals surface area contributed by atoms with Gasteiger partial charge < -0.3 is 5.11 Å². The predicted molar refractivity (Wildman–Crippen MR) is 62.5 cm³/mol. The fraction of sp³-hybridized carbons (Fsp3) is 0.667. The van der Waals surface area contributed by atoms with Gasteiger partial charge in [-0.3, -0.25) is 9.48 Å². The summed E-state index contributed by atoms with van der Waals surface area (Å²) in [7, 11) is 0. The van der Waals surface area contributed by atoms with Crippen molar-refractivity contribution in [1.82, 2.24) is 9.78 Å². The van der Waals surface area contributed by atoms with E-state index >= 15 is 0 Å². The smallest absolute Gasteiger partial charge is 0.303 e. The maximum atomic E-state index is 10.3. The molecule has 0 radical (unpaired) electrons. The molecule has 0 saturated heterocycles. The number of aryl methyl sites for hydroxylation is 2. The number of hydrogen-bond acceptors (Lipinski definition) is 2. The molecule has 16 heavy (non-hydrogen) atoms. The highest BCUT2D eigenvalue weighted by atomic mass is 16.4. The summed E-state index contributed by atoms with van der Waals surface area (Å²) in [5.74, 6) is -0.707. The Morgan fingerprint density at radius 3 is 2.44 bits per heavy atom. The Balaban J connectivity index is 2.32. The molecule has 0 fully saturated rings. The molecule has 1 rings (SSSR count). The van der Waals surface area contributed by atoms with Crippen LogP contribution in [-0.4, -0.2) is 20.9 Å². The van der Waals surface area contributed by atoms with Gasteiger partial charge in [0.25, 0.3) is 0 Å². The van der Waals surface area contributed by atoms with E-state index in [4.69, 9.17) is 5.11 Å². The Hall–Kier alpha value is -1.32. The van der Waals surface area contributed by atoms with Crippen molar-refractivity contribution in [2.24, 2.45) is 0 Å². The number of aromatic nitrogens is 2. The normalized spacial score (nSPS) is 10.7. The van der Waals surface area contributed by atoms with Crippen LogP contribution in [0.15, 0.2) is 0 Å². The Morgan fingerprint density at radius 2 is 1.94 bits per heavy atom. The molecule has 90 valence electrons. The van der Waals surface area contributed by atoms with Crippen LogP contribution in [0, 0.1) is 20.8 Å². The number of carbonyl (C=O) groups is 1. The molecule has 0 amide bonds. The molecule has 0 atom stereocenters. The van der Waals surface area contributed by atoms with Crippen LogP contribution in [0.25, 0.3) is 0 Å². The lowest BCUT2D eigenvalue weighted by atomic mass is 10.2. The molecule has 0 saturated carbocycles. The molecule has 4 heteroatoms. The van der Waals surface area contributed by atoms with Crippen molar-refractivity contribution < 1.29 is 9.90 Å². The van der Waals surface area contributed by atoms with Gasteiger partial charge in [-0.25, -0.2) is 0 Å². The minimum atomic E-state index is -0.707. The van der Waals surface area contributed by atoms with Crippen molar-refractivity contribution >= 4 is 5.97 Å². The molecular weight excluding hydrogens is 204 g/mol. The number of rotatable bonds is 6. The highest BCUT2D eigenvalue weighted by Crippen LogP contribution is 2.12. The predicted octanol–water partition coefficient (Wildman–Crippen LogP) is 2.45. The lowest BCUT2D eigenvalue weighted by molar-refractivity contribution is -0.137. The summed E-state index contributed by atoms with van der Waals surface area (Å²) < 4.78 is 2.02.